The van der Waals surface area contributed by atoms with Crippen LogP contribution in [0.5, 0.6) is 11.5 Å². The summed E-state index contributed by atoms with van der Waals surface area (Å²) < 4.78 is 5.90. The van der Waals surface area contributed by atoms with Gasteiger partial charge in [-0.15, -0.1) is 0 Å². The van der Waals surface area contributed by atoms with Crippen LogP contribution in [0, 0.1) is 5.92 Å². The Bertz CT molecular complexity index is 1090. The van der Waals surface area contributed by atoms with Gasteiger partial charge in [-0.3, -0.25) is 14.5 Å². The molecule has 2 heterocycles. The Balaban J connectivity index is 1.32. The van der Waals surface area contributed by atoms with Crippen LogP contribution in [0.2, 0.25) is 0 Å². The number of aliphatic imine (C=N–C) groups is 1. The summed E-state index contributed by atoms with van der Waals surface area (Å²) >= 11 is 0. The fourth-order valence-corrected chi connectivity index (χ4v) is 5.35. The van der Waals surface area contributed by atoms with Crippen LogP contribution in [0.15, 0.2) is 59.6 Å². The van der Waals surface area contributed by atoms with Crippen molar-refractivity contribution in [1.29, 1.82) is 0 Å². The Labute approximate surface area is 220 Å². The third kappa shape index (κ3) is 6.32. The van der Waals surface area contributed by atoms with Crippen molar-refractivity contribution in [2.75, 3.05) is 19.6 Å². The molecular weight excluding hydrogens is 464 g/mol. The zero-order valence-corrected chi connectivity index (χ0v) is 22.2. The van der Waals surface area contributed by atoms with Gasteiger partial charge in [-0.1, -0.05) is 63.8 Å². The van der Waals surface area contributed by atoms with Crippen molar-refractivity contribution in [3.63, 3.8) is 0 Å². The van der Waals surface area contributed by atoms with E-state index in [0.29, 0.717) is 42.8 Å². The first kappa shape index (κ1) is 26.7. The minimum absolute atomic E-state index is 0.0116. The van der Waals surface area contributed by atoms with Crippen molar-refractivity contribution < 1.29 is 14.3 Å². The molecule has 1 atom stereocenters. The van der Waals surface area contributed by atoms with Gasteiger partial charge in [0.25, 0.3) is 11.8 Å². The number of para-hydroxylation sites is 1. The SMILES string of the molecule is CCCCC1(CCCC)N=C(N)N(CCC2CCN(C(=O)c3cccc(Oc4ccccc4)c3)C2)C1=O. The van der Waals surface area contributed by atoms with E-state index >= 15 is 0 Å². The molecule has 2 aromatic rings. The van der Waals surface area contributed by atoms with Crippen LogP contribution in [0.1, 0.15) is 75.6 Å². The van der Waals surface area contributed by atoms with Crippen molar-refractivity contribution in [3.8, 4) is 11.5 Å². The number of unbranched alkanes of at least 4 members (excludes halogenated alkanes) is 2. The molecular formula is C30H40N4O3. The lowest BCUT2D eigenvalue weighted by Gasteiger charge is -2.26. The number of likely N-dealkylation sites (tertiary alicyclic amines) is 1. The molecule has 0 spiro atoms. The highest BCUT2D eigenvalue weighted by Gasteiger charge is 2.46. The summed E-state index contributed by atoms with van der Waals surface area (Å²) in [6, 6.07) is 16.9. The summed E-state index contributed by atoms with van der Waals surface area (Å²) in [6.45, 7) is 6.22. The van der Waals surface area contributed by atoms with Crippen LogP contribution in [0.3, 0.4) is 0 Å². The lowest BCUT2D eigenvalue weighted by atomic mass is 9.87. The standard InChI is InChI=1S/C30H40N4O3/c1-3-5-17-30(18-6-4-2)28(36)34(29(31)32-30)20-16-23-15-19-33(22-23)27(35)24-11-10-14-26(21-24)37-25-12-8-7-9-13-25/h7-14,21,23H,3-6,15-20,22H2,1-2H3,(H2,31,32). The molecule has 2 aromatic carbocycles. The molecule has 37 heavy (non-hydrogen) atoms. The number of benzene rings is 2. The van der Waals surface area contributed by atoms with Gasteiger partial charge in [-0.05, 0) is 61.9 Å². The quantitative estimate of drug-likeness (QED) is 0.407. The Morgan fingerprint density at radius 1 is 1.05 bits per heavy atom. The number of guanidine groups is 1. The number of hydrogen-bond acceptors (Lipinski definition) is 5. The van der Waals surface area contributed by atoms with E-state index in [1.54, 1.807) is 11.0 Å². The molecule has 2 amide bonds. The van der Waals surface area contributed by atoms with Crippen molar-refractivity contribution in [3.05, 3.63) is 60.2 Å². The minimum atomic E-state index is -0.680. The van der Waals surface area contributed by atoms with E-state index < -0.39 is 5.54 Å². The van der Waals surface area contributed by atoms with E-state index in [4.69, 9.17) is 15.5 Å². The molecule has 7 heteroatoms. The Hall–Kier alpha value is -3.35. The van der Waals surface area contributed by atoms with Crippen LogP contribution in [0.4, 0.5) is 0 Å². The predicted octanol–water partition coefficient (Wildman–Crippen LogP) is 5.61. The van der Waals surface area contributed by atoms with Gasteiger partial charge in [0.1, 0.15) is 17.0 Å². The van der Waals surface area contributed by atoms with Gasteiger partial charge < -0.3 is 15.4 Å². The fourth-order valence-electron chi connectivity index (χ4n) is 5.35. The second kappa shape index (κ2) is 12.3. The summed E-state index contributed by atoms with van der Waals surface area (Å²) in [4.78, 5) is 35.0. The van der Waals surface area contributed by atoms with E-state index in [0.717, 1.165) is 57.1 Å². The summed E-state index contributed by atoms with van der Waals surface area (Å²) in [5.74, 6) is 2.14. The normalized spacial score (nSPS) is 18.8. The Kier molecular flexibility index (Phi) is 8.85. The highest BCUT2D eigenvalue weighted by molar-refractivity contribution is 6.06. The maximum atomic E-state index is 13.4. The molecule has 1 saturated heterocycles. The van der Waals surface area contributed by atoms with E-state index in [-0.39, 0.29) is 11.8 Å². The number of carbonyl (C=O) groups is 2. The molecule has 0 radical (unpaired) electrons. The van der Waals surface area contributed by atoms with Gasteiger partial charge in [0, 0.05) is 25.2 Å². The van der Waals surface area contributed by atoms with E-state index in [1.807, 2.05) is 53.4 Å². The van der Waals surface area contributed by atoms with Crippen molar-refractivity contribution >= 4 is 17.8 Å². The molecule has 0 aromatic heterocycles. The molecule has 0 aliphatic carbocycles. The summed E-state index contributed by atoms with van der Waals surface area (Å²) in [6.07, 6.45) is 7.25. The largest absolute Gasteiger partial charge is 0.457 e. The molecule has 1 unspecified atom stereocenters. The topological polar surface area (TPSA) is 88.2 Å². The van der Waals surface area contributed by atoms with E-state index in [2.05, 4.69) is 13.8 Å². The first-order valence-corrected chi connectivity index (χ1v) is 13.8. The van der Waals surface area contributed by atoms with Crippen LogP contribution >= 0.6 is 0 Å². The Morgan fingerprint density at radius 3 is 2.46 bits per heavy atom. The second-order valence-corrected chi connectivity index (χ2v) is 10.3. The van der Waals surface area contributed by atoms with Crippen LogP contribution < -0.4 is 10.5 Å². The average Bonchev–Trinajstić information content (AvgIpc) is 3.48. The second-order valence-electron chi connectivity index (χ2n) is 10.3. The van der Waals surface area contributed by atoms with Crippen LogP contribution in [-0.4, -0.2) is 52.7 Å². The number of ether oxygens (including phenoxy) is 1. The monoisotopic (exact) mass is 504 g/mol. The van der Waals surface area contributed by atoms with Crippen LogP contribution in [-0.2, 0) is 4.79 Å². The molecule has 7 nitrogen and oxygen atoms in total. The van der Waals surface area contributed by atoms with E-state index in [9.17, 15) is 9.59 Å². The van der Waals surface area contributed by atoms with Crippen molar-refractivity contribution in [1.82, 2.24) is 9.80 Å². The molecule has 1 fully saturated rings. The zero-order chi connectivity index (χ0) is 26.3. The minimum Gasteiger partial charge on any atom is -0.457 e. The van der Waals surface area contributed by atoms with E-state index in [1.165, 1.54) is 0 Å². The summed E-state index contributed by atoms with van der Waals surface area (Å²) in [5, 5.41) is 0. The zero-order valence-electron chi connectivity index (χ0n) is 22.2. The van der Waals surface area contributed by atoms with Crippen molar-refractivity contribution in [2.45, 2.75) is 70.8 Å². The highest BCUT2D eigenvalue weighted by Crippen LogP contribution is 2.34. The Morgan fingerprint density at radius 2 is 1.76 bits per heavy atom. The maximum absolute atomic E-state index is 13.4. The number of nitrogens with zero attached hydrogens (tertiary/aromatic N) is 3. The third-order valence-corrected chi connectivity index (χ3v) is 7.53. The van der Waals surface area contributed by atoms with Gasteiger partial charge >= 0.3 is 0 Å². The first-order valence-electron chi connectivity index (χ1n) is 13.8. The lowest BCUT2D eigenvalue weighted by Crippen LogP contribution is -2.45. The number of amides is 2. The van der Waals surface area contributed by atoms with Crippen LogP contribution in [0.25, 0.3) is 0 Å². The average molecular weight is 505 g/mol. The molecule has 0 bridgehead atoms. The smallest absolute Gasteiger partial charge is 0.257 e. The third-order valence-electron chi connectivity index (χ3n) is 7.53. The van der Waals surface area contributed by atoms with Gasteiger partial charge in [-0.2, -0.15) is 0 Å². The summed E-state index contributed by atoms with van der Waals surface area (Å²) in [5.41, 5.74) is 6.21. The molecule has 2 aliphatic heterocycles. The van der Waals surface area contributed by atoms with Gasteiger partial charge in [0.15, 0.2) is 5.96 Å². The molecule has 2 aliphatic rings. The number of hydrogen-bond donors (Lipinski definition) is 1. The number of carbonyl (C=O) groups excluding carboxylic acids is 2. The number of nitrogens with two attached hydrogens (primary N) is 1. The molecule has 198 valence electrons. The van der Waals surface area contributed by atoms with Gasteiger partial charge in [-0.25, -0.2) is 4.99 Å². The predicted molar refractivity (Wildman–Crippen MR) is 147 cm³/mol. The molecule has 2 N–H and O–H groups in total. The maximum Gasteiger partial charge on any atom is 0.257 e. The molecule has 0 saturated carbocycles. The summed E-state index contributed by atoms with van der Waals surface area (Å²) in [7, 11) is 0. The fraction of sp³-hybridized carbons (Fsp3) is 0.500. The number of rotatable bonds is 12. The van der Waals surface area contributed by atoms with Crippen molar-refractivity contribution in [2.24, 2.45) is 16.6 Å². The van der Waals surface area contributed by atoms with Gasteiger partial charge in [0.05, 0.1) is 0 Å². The van der Waals surface area contributed by atoms with Gasteiger partial charge in [0.2, 0.25) is 0 Å². The first-order chi connectivity index (χ1) is 18.0. The lowest BCUT2D eigenvalue weighted by molar-refractivity contribution is -0.132. The highest BCUT2D eigenvalue weighted by atomic mass is 16.5. The molecule has 4 rings (SSSR count).